The van der Waals surface area contributed by atoms with Gasteiger partial charge in [0.2, 0.25) is 0 Å². The van der Waals surface area contributed by atoms with Crippen molar-refractivity contribution in [3.05, 3.63) is 29.6 Å². The number of hydrogen-bond acceptors (Lipinski definition) is 3. The predicted molar refractivity (Wildman–Crippen MR) is 78.4 cm³/mol. The van der Waals surface area contributed by atoms with Crippen molar-refractivity contribution in [2.75, 3.05) is 24.5 Å². The molecule has 0 aliphatic rings. The first-order valence-electron chi connectivity index (χ1n) is 6.07. The molecule has 0 heterocycles. The van der Waals surface area contributed by atoms with E-state index in [0.29, 0.717) is 30.0 Å². The SMILES string of the molecule is CS(=O)(=O)CCCOc1cc(F)ccc1C#CCCCl. The van der Waals surface area contributed by atoms with Crippen LogP contribution in [-0.2, 0) is 9.84 Å². The van der Waals surface area contributed by atoms with Crippen LogP contribution >= 0.6 is 11.6 Å². The molecule has 0 aliphatic carbocycles. The van der Waals surface area contributed by atoms with Crippen LogP contribution < -0.4 is 4.74 Å². The fraction of sp³-hybridized carbons (Fsp3) is 0.429. The molecule has 3 nitrogen and oxygen atoms in total. The standard InChI is InChI=1S/C14H16ClFO3S/c1-20(17,18)10-4-9-19-14-11-13(16)7-6-12(14)5-2-3-8-15/h6-7,11H,3-4,8-10H2,1H3. The van der Waals surface area contributed by atoms with E-state index in [-0.39, 0.29) is 12.4 Å². The maximum atomic E-state index is 13.2. The predicted octanol–water partition coefficient (Wildman–Crippen LogP) is 2.62. The summed E-state index contributed by atoms with van der Waals surface area (Å²) in [6, 6.07) is 4.07. The zero-order chi connectivity index (χ0) is 15.0. The molecule has 6 heteroatoms. The summed E-state index contributed by atoms with van der Waals surface area (Å²) < 4.78 is 40.6. The quantitative estimate of drug-likeness (QED) is 0.460. The van der Waals surface area contributed by atoms with Crippen molar-refractivity contribution in [3.8, 4) is 17.6 Å². The van der Waals surface area contributed by atoms with E-state index in [1.807, 2.05) is 0 Å². The Kier molecular flexibility index (Phi) is 6.83. The highest BCUT2D eigenvalue weighted by Crippen LogP contribution is 2.19. The van der Waals surface area contributed by atoms with E-state index in [1.165, 1.54) is 18.2 Å². The molecule has 0 spiro atoms. The molecule has 110 valence electrons. The summed E-state index contributed by atoms with van der Waals surface area (Å²) in [7, 11) is -3.01. The second-order valence-electron chi connectivity index (χ2n) is 4.21. The normalized spacial score (nSPS) is 10.8. The van der Waals surface area contributed by atoms with Gasteiger partial charge in [-0.25, -0.2) is 12.8 Å². The first kappa shape index (κ1) is 16.8. The highest BCUT2D eigenvalue weighted by Gasteiger charge is 2.05. The lowest BCUT2D eigenvalue weighted by molar-refractivity contribution is 0.315. The summed E-state index contributed by atoms with van der Waals surface area (Å²) in [6.45, 7) is 0.195. The van der Waals surface area contributed by atoms with Crippen LogP contribution in [0, 0.1) is 17.7 Å². The fourth-order valence-electron chi connectivity index (χ4n) is 1.43. The van der Waals surface area contributed by atoms with Gasteiger partial charge in [-0.1, -0.05) is 11.8 Å². The molecule has 0 fully saturated rings. The maximum absolute atomic E-state index is 13.2. The summed E-state index contributed by atoms with van der Waals surface area (Å²) >= 11 is 5.53. The van der Waals surface area contributed by atoms with Gasteiger partial charge in [-0.2, -0.15) is 0 Å². The molecule has 1 aromatic carbocycles. The van der Waals surface area contributed by atoms with Crippen molar-refractivity contribution in [2.45, 2.75) is 12.8 Å². The van der Waals surface area contributed by atoms with Crippen LogP contribution in [0.2, 0.25) is 0 Å². The third-order valence-electron chi connectivity index (χ3n) is 2.30. The van der Waals surface area contributed by atoms with E-state index in [0.717, 1.165) is 6.26 Å². The zero-order valence-electron chi connectivity index (χ0n) is 11.2. The molecule has 0 aliphatic heterocycles. The summed E-state index contributed by atoms with van der Waals surface area (Å²) in [5.74, 6) is 6.06. The van der Waals surface area contributed by atoms with E-state index in [9.17, 15) is 12.8 Å². The lowest BCUT2D eigenvalue weighted by atomic mass is 10.2. The monoisotopic (exact) mass is 318 g/mol. The second kappa shape index (κ2) is 8.13. The van der Waals surface area contributed by atoms with Crippen LogP contribution in [0.4, 0.5) is 4.39 Å². The lowest BCUT2D eigenvalue weighted by Gasteiger charge is -2.08. The van der Waals surface area contributed by atoms with Crippen LogP contribution in [-0.4, -0.2) is 32.9 Å². The number of rotatable bonds is 6. The molecule has 0 saturated heterocycles. The van der Waals surface area contributed by atoms with Gasteiger partial charge in [0.05, 0.1) is 17.9 Å². The number of benzene rings is 1. The molecule has 0 amide bonds. The molecule has 20 heavy (non-hydrogen) atoms. The Labute approximate surface area is 124 Å². The average Bonchev–Trinajstić information content (AvgIpc) is 2.36. The molecule has 0 saturated carbocycles. The third-order valence-corrected chi connectivity index (χ3v) is 3.52. The highest BCUT2D eigenvalue weighted by molar-refractivity contribution is 7.90. The molecule has 0 radical (unpaired) electrons. The van der Waals surface area contributed by atoms with Gasteiger partial charge in [0, 0.05) is 24.6 Å². The van der Waals surface area contributed by atoms with Gasteiger partial charge in [-0.3, -0.25) is 0 Å². The smallest absolute Gasteiger partial charge is 0.147 e. The molecular weight excluding hydrogens is 303 g/mol. The van der Waals surface area contributed by atoms with Crippen LogP contribution in [0.25, 0.3) is 0 Å². The Morgan fingerprint density at radius 2 is 2.15 bits per heavy atom. The van der Waals surface area contributed by atoms with Crippen LogP contribution in [0.1, 0.15) is 18.4 Å². The molecular formula is C14H16ClFO3S. The van der Waals surface area contributed by atoms with Gasteiger partial charge in [0.1, 0.15) is 21.4 Å². The van der Waals surface area contributed by atoms with Gasteiger partial charge < -0.3 is 4.74 Å². The number of alkyl halides is 1. The highest BCUT2D eigenvalue weighted by atomic mass is 35.5. The first-order chi connectivity index (χ1) is 9.42. The van der Waals surface area contributed by atoms with E-state index in [2.05, 4.69) is 11.8 Å². The molecule has 1 rings (SSSR count). The molecule has 1 aromatic rings. The Morgan fingerprint density at radius 1 is 1.40 bits per heavy atom. The van der Waals surface area contributed by atoms with Gasteiger partial charge >= 0.3 is 0 Å². The van der Waals surface area contributed by atoms with Gasteiger partial charge in [-0.05, 0) is 18.6 Å². The molecule has 0 atom stereocenters. The van der Waals surface area contributed by atoms with E-state index < -0.39 is 15.7 Å². The summed E-state index contributed by atoms with van der Waals surface area (Å²) in [6.07, 6.45) is 2.05. The molecule has 0 N–H and O–H groups in total. The summed E-state index contributed by atoms with van der Waals surface area (Å²) in [5, 5.41) is 0. The summed E-state index contributed by atoms with van der Waals surface area (Å²) in [4.78, 5) is 0. The Morgan fingerprint density at radius 3 is 2.80 bits per heavy atom. The van der Waals surface area contributed by atoms with Gasteiger partial charge in [-0.15, -0.1) is 11.6 Å². The van der Waals surface area contributed by atoms with Crippen LogP contribution in [0.15, 0.2) is 18.2 Å². The van der Waals surface area contributed by atoms with Crippen molar-refractivity contribution in [2.24, 2.45) is 0 Å². The molecule has 0 bridgehead atoms. The minimum atomic E-state index is -3.01. The average molecular weight is 319 g/mol. The van der Waals surface area contributed by atoms with E-state index in [1.54, 1.807) is 0 Å². The van der Waals surface area contributed by atoms with Crippen LogP contribution in [0.3, 0.4) is 0 Å². The number of sulfone groups is 1. The largest absolute Gasteiger partial charge is 0.492 e. The van der Waals surface area contributed by atoms with Crippen molar-refractivity contribution < 1.29 is 17.5 Å². The van der Waals surface area contributed by atoms with Crippen molar-refractivity contribution in [1.82, 2.24) is 0 Å². The molecule has 0 aromatic heterocycles. The Bertz CT molecular complexity index is 603. The summed E-state index contributed by atoms with van der Waals surface area (Å²) in [5.41, 5.74) is 0.566. The van der Waals surface area contributed by atoms with E-state index in [4.69, 9.17) is 16.3 Å². The molecule has 0 unspecified atom stereocenters. The van der Waals surface area contributed by atoms with Crippen LogP contribution in [0.5, 0.6) is 5.75 Å². The minimum Gasteiger partial charge on any atom is -0.492 e. The first-order valence-corrected chi connectivity index (χ1v) is 8.67. The van der Waals surface area contributed by atoms with Crippen molar-refractivity contribution in [3.63, 3.8) is 0 Å². The zero-order valence-corrected chi connectivity index (χ0v) is 12.7. The van der Waals surface area contributed by atoms with Crippen molar-refractivity contribution in [1.29, 1.82) is 0 Å². The number of halogens is 2. The van der Waals surface area contributed by atoms with Gasteiger partial charge in [0.15, 0.2) is 0 Å². The van der Waals surface area contributed by atoms with E-state index >= 15 is 0 Å². The lowest BCUT2D eigenvalue weighted by Crippen LogP contribution is -2.08. The van der Waals surface area contributed by atoms with Crippen molar-refractivity contribution >= 4 is 21.4 Å². The Hall–Kier alpha value is -1.25. The van der Waals surface area contributed by atoms with Gasteiger partial charge in [0.25, 0.3) is 0 Å². The minimum absolute atomic E-state index is 0.0373. The fourth-order valence-corrected chi connectivity index (χ4v) is 2.16. The third kappa shape index (κ3) is 6.78. The maximum Gasteiger partial charge on any atom is 0.147 e. The number of hydrogen-bond donors (Lipinski definition) is 0. The topological polar surface area (TPSA) is 43.4 Å². The number of ether oxygens (including phenoxy) is 1. The Balaban J connectivity index is 2.68. The second-order valence-corrected chi connectivity index (χ2v) is 6.85.